The molecule has 0 radical (unpaired) electrons. The van der Waals surface area contributed by atoms with Crippen LogP contribution in [0.5, 0.6) is 0 Å². The van der Waals surface area contributed by atoms with Gasteiger partial charge < -0.3 is 16.4 Å². The van der Waals surface area contributed by atoms with E-state index in [1.54, 1.807) is 19.1 Å². The van der Waals surface area contributed by atoms with Crippen molar-refractivity contribution in [2.24, 2.45) is 5.73 Å². The highest BCUT2D eigenvalue weighted by molar-refractivity contribution is 8.03. The van der Waals surface area contributed by atoms with E-state index in [0.717, 1.165) is 4.88 Å². The van der Waals surface area contributed by atoms with E-state index in [1.807, 2.05) is 35.7 Å². The van der Waals surface area contributed by atoms with Crippen molar-refractivity contribution >= 4 is 40.6 Å². The molecule has 1 aliphatic heterocycles. The van der Waals surface area contributed by atoms with E-state index < -0.39 is 11.8 Å². The van der Waals surface area contributed by atoms with Crippen LogP contribution in [0.1, 0.15) is 17.7 Å². The number of anilines is 1. The van der Waals surface area contributed by atoms with Crippen molar-refractivity contribution in [1.82, 2.24) is 5.32 Å². The standard InChI is InChI=1S/C20H18N4O2S2/c1-12-17(19(22)26)18(15-8-5-9-27-15)14(10-21)20(23-12)28-11-16(25)24-13-6-3-2-4-7-13/h2-9,18,23H,11H2,1H3,(H2,22,26)(H,24,25)/t18-/m1/s1. The van der Waals surface area contributed by atoms with Crippen LogP contribution in [0.3, 0.4) is 0 Å². The smallest absolute Gasteiger partial charge is 0.247 e. The second-order valence-electron chi connectivity index (χ2n) is 6.03. The maximum atomic E-state index is 12.3. The number of carbonyl (C=O) groups excluding carboxylic acids is 2. The molecule has 28 heavy (non-hydrogen) atoms. The Bertz CT molecular complexity index is 989. The monoisotopic (exact) mass is 410 g/mol. The lowest BCUT2D eigenvalue weighted by molar-refractivity contribution is -0.115. The van der Waals surface area contributed by atoms with Gasteiger partial charge in [-0.25, -0.2) is 0 Å². The van der Waals surface area contributed by atoms with E-state index in [1.165, 1.54) is 23.1 Å². The Morgan fingerprint density at radius 1 is 1.29 bits per heavy atom. The third kappa shape index (κ3) is 4.27. The number of thioether (sulfide) groups is 1. The van der Waals surface area contributed by atoms with Crippen molar-refractivity contribution in [3.05, 3.63) is 74.6 Å². The molecule has 8 heteroatoms. The molecule has 1 atom stereocenters. The summed E-state index contributed by atoms with van der Waals surface area (Å²) < 4.78 is 0. The summed E-state index contributed by atoms with van der Waals surface area (Å²) in [4.78, 5) is 25.2. The molecule has 0 aliphatic carbocycles. The molecule has 1 aliphatic rings. The van der Waals surface area contributed by atoms with Gasteiger partial charge in [0.1, 0.15) is 0 Å². The number of hydrogen-bond acceptors (Lipinski definition) is 6. The van der Waals surface area contributed by atoms with Crippen LogP contribution in [-0.2, 0) is 9.59 Å². The lowest BCUT2D eigenvalue weighted by atomic mass is 9.86. The predicted octanol–water partition coefficient (Wildman–Crippen LogP) is 3.30. The Labute approximate surface area is 171 Å². The van der Waals surface area contributed by atoms with Crippen LogP contribution in [0.15, 0.2) is 69.7 Å². The Hall–Kier alpha value is -3.02. The summed E-state index contributed by atoms with van der Waals surface area (Å²) in [6.45, 7) is 1.75. The van der Waals surface area contributed by atoms with Crippen LogP contribution in [0.4, 0.5) is 5.69 Å². The summed E-state index contributed by atoms with van der Waals surface area (Å²) in [5, 5.41) is 18.1. The number of carbonyl (C=O) groups is 2. The number of hydrogen-bond donors (Lipinski definition) is 3. The molecular weight excluding hydrogens is 392 g/mol. The summed E-state index contributed by atoms with van der Waals surface area (Å²) in [6, 6.07) is 15.1. The first-order chi connectivity index (χ1) is 13.5. The number of para-hydroxylation sites is 1. The van der Waals surface area contributed by atoms with Crippen molar-refractivity contribution in [2.75, 3.05) is 11.1 Å². The summed E-state index contributed by atoms with van der Waals surface area (Å²) >= 11 is 2.68. The number of amides is 2. The minimum absolute atomic E-state index is 0.124. The molecule has 1 aromatic heterocycles. The van der Waals surface area contributed by atoms with E-state index in [9.17, 15) is 14.9 Å². The van der Waals surface area contributed by atoms with Crippen LogP contribution < -0.4 is 16.4 Å². The first kappa shape index (κ1) is 19.7. The van der Waals surface area contributed by atoms with Gasteiger partial charge in [-0.05, 0) is 30.5 Å². The molecule has 1 aromatic carbocycles. The fraction of sp³-hybridized carbons (Fsp3) is 0.150. The lowest BCUT2D eigenvalue weighted by Crippen LogP contribution is -2.31. The number of allylic oxidation sites excluding steroid dienone is 2. The van der Waals surface area contributed by atoms with Gasteiger partial charge in [0.25, 0.3) is 0 Å². The highest BCUT2D eigenvalue weighted by Gasteiger charge is 2.34. The average Bonchev–Trinajstić information content (AvgIpc) is 3.20. The van der Waals surface area contributed by atoms with Gasteiger partial charge in [-0.15, -0.1) is 11.3 Å². The quantitative estimate of drug-likeness (QED) is 0.677. The van der Waals surface area contributed by atoms with E-state index in [4.69, 9.17) is 5.73 Å². The minimum atomic E-state index is -0.568. The van der Waals surface area contributed by atoms with Gasteiger partial charge in [-0.3, -0.25) is 9.59 Å². The molecule has 142 valence electrons. The number of dihydropyridines is 1. The Morgan fingerprint density at radius 3 is 2.64 bits per heavy atom. The lowest BCUT2D eigenvalue weighted by Gasteiger charge is -2.28. The molecule has 0 saturated heterocycles. The maximum Gasteiger partial charge on any atom is 0.247 e. The molecule has 0 fully saturated rings. The number of nitriles is 1. The van der Waals surface area contributed by atoms with Crippen molar-refractivity contribution in [1.29, 1.82) is 5.26 Å². The van der Waals surface area contributed by atoms with Gasteiger partial charge >= 0.3 is 0 Å². The molecule has 0 unspecified atom stereocenters. The summed E-state index contributed by atoms with van der Waals surface area (Å²) in [5.41, 5.74) is 7.65. The Kier molecular flexibility index (Phi) is 6.19. The fourth-order valence-corrected chi connectivity index (χ4v) is 4.68. The first-order valence-electron chi connectivity index (χ1n) is 8.44. The number of nitrogens with two attached hydrogens (primary N) is 1. The number of nitrogens with zero attached hydrogens (tertiary/aromatic N) is 1. The molecule has 3 rings (SSSR count). The summed E-state index contributed by atoms with van der Waals surface area (Å²) in [5.74, 6) is -1.15. The minimum Gasteiger partial charge on any atom is -0.366 e. The van der Waals surface area contributed by atoms with Crippen molar-refractivity contribution in [3.63, 3.8) is 0 Å². The van der Waals surface area contributed by atoms with Gasteiger partial charge in [-0.1, -0.05) is 36.0 Å². The number of rotatable bonds is 6. The zero-order valence-electron chi connectivity index (χ0n) is 15.1. The average molecular weight is 411 g/mol. The van der Waals surface area contributed by atoms with E-state index >= 15 is 0 Å². The molecule has 4 N–H and O–H groups in total. The van der Waals surface area contributed by atoms with Crippen LogP contribution in [0, 0.1) is 11.3 Å². The molecule has 6 nitrogen and oxygen atoms in total. The van der Waals surface area contributed by atoms with E-state index in [2.05, 4.69) is 16.7 Å². The van der Waals surface area contributed by atoms with Gasteiger partial charge in [0.05, 0.1) is 28.3 Å². The number of thiophene rings is 1. The number of benzene rings is 1. The van der Waals surface area contributed by atoms with Crippen LogP contribution in [-0.4, -0.2) is 17.6 Å². The molecule has 0 bridgehead atoms. The second kappa shape index (κ2) is 8.78. The largest absolute Gasteiger partial charge is 0.366 e. The molecule has 0 saturated carbocycles. The van der Waals surface area contributed by atoms with Gasteiger partial charge in [-0.2, -0.15) is 5.26 Å². The highest BCUT2D eigenvalue weighted by Crippen LogP contribution is 2.41. The zero-order valence-corrected chi connectivity index (χ0v) is 16.7. The number of nitrogens with one attached hydrogen (secondary N) is 2. The Morgan fingerprint density at radius 2 is 2.04 bits per heavy atom. The molecule has 2 aromatic rings. The van der Waals surface area contributed by atoms with Crippen LogP contribution in [0.25, 0.3) is 0 Å². The van der Waals surface area contributed by atoms with E-state index in [0.29, 0.717) is 27.6 Å². The maximum absolute atomic E-state index is 12.3. The van der Waals surface area contributed by atoms with Crippen LogP contribution in [0.2, 0.25) is 0 Å². The van der Waals surface area contributed by atoms with E-state index in [-0.39, 0.29) is 11.7 Å². The topological polar surface area (TPSA) is 108 Å². The van der Waals surface area contributed by atoms with Gasteiger partial charge in [0, 0.05) is 21.8 Å². The summed E-state index contributed by atoms with van der Waals surface area (Å²) in [6.07, 6.45) is 0. The fourth-order valence-electron chi connectivity index (χ4n) is 2.95. The van der Waals surface area contributed by atoms with Crippen molar-refractivity contribution < 1.29 is 9.59 Å². The molecule has 0 spiro atoms. The molecule has 2 heterocycles. The van der Waals surface area contributed by atoms with Crippen LogP contribution >= 0.6 is 23.1 Å². The molecule has 2 amide bonds. The van der Waals surface area contributed by atoms with Crippen molar-refractivity contribution in [3.8, 4) is 6.07 Å². The zero-order chi connectivity index (χ0) is 20.1. The third-order valence-corrected chi connectivity index (χ3v) is 6.10. The first-order valence-corrected chi connectivity index (χ1v) is 10.3. The molecular formula is C20H18N4O2S2. The normalized spacial score (nSPS) is 16.4. The van der Waals surface area contributed by atoms with Crippen molar-refractivity contribution in [2.45, 2.75) is 12.8 Å². The predicted molar refractivity (Wildman–Crippen MR) is 112 cm³/mol. The second-order valence-corrected chi connectivity index (χ2v) is 8.00. The Balaban J connectivity index is 1.83. The summed E-state index contributed by atoms with van der Waals surface area (Å²) in [7, 11) is 0. The SMILES string of the molecule is CC1=C(C(N)=O)[C@@H](c2cccs2)C(C#N)=C(SCC(=O)Nc2ccccc2)N1. The number of primary amides is 1. The third-order valence-electron chi connectivity index (χ3n) is 4.15. The van der Waals surface area contributed by atoms with Gasteiger partial charge in [0.15, 0.2) is 0 Å². The highest BCUT2D eigenvalue weighted by atomic mass is 32.2. The van der Waals surface area contributed by atoms with Gasteiger partial charge in [0.2, 0.25) is 11.8 Å².